The molecule has 1 amide bonds. The van der Waals surface area contributed by atoms with Gasteiger partial charge in [-0.15, -0.1) is 0 Å². The van der Waals surface area contributed by atoms with Gasteiger partial charge in [-0.05, 0) is 32.4 Å². The molecule has 0 saturated carbocycles. The summed E-state index contributed by atoms with van der Waals surface area (Å²) in [6.07, 6.45) is 0.785. The molecule has 4 heteroatoms. The van der Waals surface area contributed by atoms with Gasteiger partial charge in [-0.1, -0.05) is 13.0 Å². The Hall–Kier alpha value is -1.42. The molecule has 0 saturated heterocycles. The molecular formula is C14H23N3O. The number of nitrogens with two attached hydrogens (primary N) is 1. The first-order valence-electron chi connectivity index (χ1n) is 6.53. The van der Waals surface area contributed by atoms with Crippen molar-refractivity contribution in [1.82, 2.24) is 9.88 Å². The largest absolute Gasteiger partial charge is 0.337 e. The maximum absolute atomic E-state index is 12.2. The van der Waals surface area contributed by atoms with Crippen LogP contribution < -0.4 is 5.73 Å². The molecule has 4 nitrogen and oxygen atoms in total. The first-order valence-corrected chi connectivity index (χ1v) is 6.53. The van der Waals surface area contributed by atoms with Crippen LogP contribution in [0.5, 0.6) is 0 Å². The summed E-state index contributed by atoms with van der Waals surface area (Å²) < 4.78 is 0. The first-order chi connectivity index (χ1) is 8.62. The van der Waals surface area contributed by atoms with E-state index in [1.54, 1.807) is 0 Å². The van der Waals surface area contributed by atoms with Crippen molar-refractivity contribution in [3.8, 4) is 0 Å². The van der Waals surface area contributed by atoms with Crippen LogP contribution in [0.4, 0.5) is 0 Å². The molecule has 0 radical (unpaired) electrons. The number of hydrogen-bond donors (Lipinski definition) is 1. The van der Waals surface area contributed by atoms with E-state index in [1.807, 2.05) is 43.9 Å². The summed E-state index contributed by atoms with van der Waals surface area (Å²) in [5, 5.41) is 0. The van der Waals surface area contributed by atoms with Gasteiger partial charge in [0.2, 0.25) is 5.91 Å². The van der Waals surface area contributed by atoms with Crippen LogP contribution in [0.2, 0.25) is 0 Å². The van der Waals surface area contributed by atoms with E-state index < -0.39 is 0 Å². The lowest BCUT2D eigenvalue weighted by Gasteiger charge is -2.24. The third-order valence-corrected chi connectivity index (χ3v) is 3.12. The average molecular weight is 249 g/mol. The van der Waals surface area contributed by atoms with Gasteiger partial charge in [0, 0.05) is 18.8 Å². The molecule has 1 atom stereocenters. The smallest absolute Gasteiger partial charge is 0.227 e. The molecule has 0 fully saturated rings. The summed E-state index contributed by atoms with van der Waals surface area (Å²) in [5.41, 5.74) is 7.53. The Morgan fingerprint density at radius 3 is 2.67 bits per heavy atom. The molecular weight excluding hydrogens is 226 g/mol. The first kappa shape index (κ1) is 14.6. The van der Waals surface area contributed by atoms with Crippen molar-refractivity contribution in [2.75, 3.05) is 13.1 Å². The molecule has 1 unspecified atom stereocenters. The van der Waals surface area contributed by atoms with E-state index in [4.69, 9.17) is 5.73 Å². The number of rotatable bonds is 6. The van der Waals surface area contributed by atoms with Crippen LogP contribution in [-0.2, 0) is 11.3 Å². The fourth-order valence-electron chi connectivity index (χ4n) is 1.93. The van der Waals surface area contributed by atoms with E-state index in [0.717, 1.165) is 17.8 Å². The molecule has 2 N–H and O–H groups in total. The number of carbonyl (C=O) groups is 1. The predicted molar refractivity (Wildman–Crippen MR) is 72.9 cm³/mol. The summed E-state index contributed by atoms with van der Waals surface area (Å²) >= 11 is 0. The second-order valence-corrected chi connectivity index (χ2v) is 4.46. The van der Waals surface area contributed by atoms with Gasteiger partial charge in [0.05, 0.1) is 18.2 Å². The Morgan fingerprint density at radius 2 is 2.17 bits per heavy atom. The van der Waals surface area contributed by atoms with E-state index in [0.29, 0.717) is 19.6 Å². The highest BCUT2D eigenvalue weighted by atomic mass is 16.2. The third kappa shape index (κ3) is 3.81. The summed E-state index contributed by atoms with van der Waals surface area (Å²) in [7, 11) is 0. The molecule has 0 spiro atoms. The van der Waals surface area contributed by atoms with E-state index in [9.17, 15) is 4.79 Å². The van der Waals surface area contributed by atoms with Crippen LogP contribution in [-0.4, -0.2) is 28.9 Å². The third-order valence-electron chi connectivity index (χ3n) is 3.12. The molecule has 18 heavy (non-hydrogen) atoms. The zero-order chi connectivity index (χ0) is 13.5. The number of pyridine rings is 1. The Bertz CT molecular complexity index is 388. The van der Waals surface area contributed by atoms with Crippen molar-refractivity contribution in [2.24, 2.45) is 11.7 Å². The predicted octanol–water partition coefficient (Wildman–Crippen LogP) is 1.72. The molecule has 1 heterocycles. The molecule has 0 aliphatic heterocycles. The standard InChI is InChI=1S/C14H23N3O/c1-4-12(9-15)14(18)17(5-2)10-13-8-6-7-11(3)16-13/h6-8,12H,4-5,9-10,15H2,1-3H3. The topological polar surface area (TPSA) is 59.2 Å². The van der Waals surface area contributed by atoms with Gasteiger partial charge < -0.3 is 10.6 Å². The maximum Gasteiger partial charge on any atom is 0.227 e. The Kier molecular flexibility index (Phi) is 5.78. The van der Waals surface area contributed by atoms with Crippen molar-refractivity contribution in [3.05, 3.63) is 29.6 Å². The number of nitrogens with zero attached hydrogens (tertiary/aromatic N) is 2. The minimum Gasteiger partial charge on any atom is -0.337 e. The van der Waals surface area contributed by atoms with Crippen molar-refractivity contribution in [2.45, 2.75) is 33.7 Å². The van der Waals surface area contributed by atoms with Crippen LogP contribution in [0.3, 0.4) is 0 Å². The Balaban J connectivity index is 2.75. The highest BCUT2D eigenvalue weighted by Gasteiger charge is 2.20. The molecule has 0 aromatic carbocycles. The molecule has 1 aromatic rings. The summed E-state index contributed by atoms with van der Waals surface area (Å²) in [6, 6.07) is 5.87. The van der Waals surface area contributed by atoms with Crippen LogP contribution in [0.25, 0.3) is 0 Å². The van der Waals surface area contributed by atoms with Crippen molar-refractivity contribution in [1.29, 1.82) is 0 Å². The quantitative estimate of drug-likeness (QED) is 0.835. The molecule has 0 bridgehead atoms. The highest BCUT2D eigenvalue weighted by molar-refractivity contribution is 5.79. The van der Waals surface area contributed by atoms with Crippen LogP contribution in [0.15, 0.2) is 18.2 Å². The normalized spacial score (nSPS) is 12.2. The molecule has 100 valence electrons. The van der Waals surface area contributed by atoms with Crippen LogP contribution in [0, 0.1) is 12.8 Å². The van der Waals surface area contributed by atoms with Crippen LogP contribution in [0.1, 0.15) is 31.7 Å². The summed E-state index contributed by atoms with van der Waals surface area (Å²) in [6.45, 7) is 7.59. The van der Waals surface area contributed by atoms with Crippen molar-refractivity contribution < 1.29 is 4.79 Å². The van der Waals surface area contributed by atoms with E-state index >= 15 is 0 Å². The lowest BCUT2D eigenvalue weighted by Crippen LogP contribution is -2.38. The molecule has 1 rings (SSSR count). The zero-order valence-corrected chi connectivity index (χ0v) is 11.5. The number of aryl methyl sites for hydroxylation is 1. The summed E-state index contributed by atoms with van der Waals surface area (Å²) in [5.74, 6) is 0.0561. The van der Waals surface area contributed by atoms with Crippen LogP contribution >= 0.6 is 0 Å². The van der Waals surface area contributed by atoms with E-state index in [2.05, 4.69) is 4.98 Å². The fourth-order valence-corrected chi connectivity index (χ4v) is 1.93. The molecule has 1 aromatic heterocycles. The minimum atomic E-state index is -0.0743. The molecule has 0 aliphatic rings. The number of aromatic nitrogens is 1. The van der Waals surface area contributed by atoms with Gasteiger partial charge >= 0.3 is 0 Å². The lowest BCUT2D eigenvalue weighted by atomic mass is 10.1. The van der Waals surface area contributed by atoms with Gasteiger partial charge in [-0.2, -0.15) is 0 Å². The number of hydrogen-bond acceptors (Lipinski definition) is 3. The zero-order valence-electron chi connectivity index (χ0n) is 11.5. The fraction of sp³-hybridized carbons (Fsp3) is 0.571. The van der Waals surface area contributed by atoms with Gasteiger partial charge in [-0.3, -0.25) is 9.78 Å². The minimum absolute atomic E-state index is 0.0743. The lowest BCUT2D eigenvalue weighted by molar-refractivity contribution is -0.135. The van der Waals surface area contributed by atoms with E-state index in [-0.39, 0.29) is 11.8 Å². The average Bonchev–Trinajstić information content (AvgIpc) is 2.37. The number of carbonyl (C=O) groups excluding carboxylic acids is 1. The van der Waals surface area contributed by atoms with Gasteiger partial charge in [0.25, 0.3) is 0 Å². The second-order valence-electron chi connectivity index (χ2n) is 4.46. The van der Waals surface area contributed by atoms with Crippen molar-refractivity contribution >= 4 is 5.91 Å². The van der Waals surface area contributed by atoms with Crippen molar-refractivity contribution in [3.63, 3.8) is 0 Å². The maximum atomic E-state index is 12.2. The Morgan fingerprint density at radius 1 is 1.44 bits per heavy atom. The molecule has 0 aliphatic carbocycles. The summed E-state index contributed by atoms with van der Waals surface area (Å²) in [4.78, 5) is 18.5. The second kappa shape index (κ2) is 7.11. The Labute approximate surface area is 109 Å². The van der Waals surface area contributed by atoms with E-state index in [1.165, 1.54) is 0 Å². The highest BCUT2D eigenvalue weighted by Crippen LogP contribution is 2.10. The number of amides is 1. The van der Waals surface area contributed by atoms with Gasteiger partial charge in [-0.25, -0.2) is 0 Å². The van der Waals surface area contributed by atoms with Gasteiger partial charge in [0.15, 0.2) is 0 Å². The van der Waals surface area contributed by atoms with Gasteiger partial charge in [0.1, 0.15) is 0 Å². The monoisotopic (exact) mass is 249 g/mol. The SMILES string of the molecule is CCC(CN)C(=O)N(CC)Cc1cccc(C)n1.